The first-order valence-electron chi connectivity index (χ1n) is 9.28. The summed E-state index contributed by atoms with van der Waals surface area (Å²) in [5, 5.41) is 3.57. The Morgan fingerprint density at radius 2 is 1.93 bits per heavy atom. The van der Waals surface area contributed by atoms with Gasteiger partial charge in [-0.05, 0) is 37.1 Å². The number of amides is 1. The number of thiazole rings is 1. The maximum Gasteiger partial charge on any atom is 0.250 e. The van der Waals surface area contributed by atoms with Gasteiger partial charge in [0.05, 0.1) is 17.0 Å². The molecule has 4 rings (SSSR count). The van der Waals surface area contributed by atoms with Crippen molar-refractivity contribution in [2.45, 2.75) is 19.9 Å². The zero-order valence-electron chi connectivity index (χ0n) is 15.9. The zero-order chi connectivity index (χ0) is 20.4. The molecule has 0 radical (unpaired) electrons. The fraction of sp³-hybridized carbons (Fsp3) is 0.130. The summed E-state index contributed by atoms with van der Waals surface area (Å²) in [7, 11) is 0. The molecule has 6 heteroatoms. The van der Waals surface area contributed by atoms with Gasteiger partial charge in [-0.15, -0.1) is 11.3 Å². The largest absolute Gasteiger partial charge is 0.366 e. The number of aryl methyl sites for hydroxylation is 1. The van der Waals surface area contributed by atoms with Crippen LogP contribution in [-0.4, -0.2) is 15.5 Å². The monoisotopic (exact) mass is 421 g/mol. The third-order valence-electron chi connectivity index (χ3n) is 4.94. The summed E-state index contributed by atoms with van der Waals surface area (Å²) in [4.78, 5) is 16.7. The number of halogens is 1. The van der Waals surface area contributed by atoms with Crippen LogP contribution < -0.4 is 5.73 Å². The lowest BCUT2D eigenvalue weighted by Crippen LogP contribution is -2.13. The van der Waals surface area contributed by atoms with Crippen molar-refractivity contribution >= 4 is 28.8 Å². The molecular formula is C23H20ClN3OS. The van der Waals surface area contributed by atoms with Gasteiger partial charge >= 0.3 is 0 Å². The van der Waals surface area contributed by atoms with Gasteiger partial charge in [-0.2, -0.15) is 0 Å². The second kappa shape index (κ2) is 8.23. The van der Waals surface area contributed by atoms with E-state index in [9.17, 15) is 4.79 Å². The Balaban J connectivity index is 1.71. The minimum absolute atomic E-state index is 0.424. The van der Waals surface area contributed by atoms with Crippen molar-refractivity contribution in [2.75, 3.05) is 0 Å². The average Bonchev–Trinajstić information content (AvgIpc) is 3.32. The van der Waals surface area contributed by atoms with E-state index in [4.69, 9.17) is 22.3 Å². The lowest BCUT2D eigenvalue weighted by atomic mass is 10.1. The molecule has 0 saturated carbocycles. The highest BCUT2D eigenvalue weighted by Gasteiger charge is 2.19. The fourth-order valence-electron chi connectivity index (χ4n) is 3.43. The molecule has 2 aromatic heterocycles. The number of hydrogen-bond donors (Lipinski definition) is 1. The van der Waals surface area contributed by atoms with Gasteiger partial charge in [0.2, 0.25) is 0 Å². The number of carbonyl (C=O) groups is 1. The summed E-state index contributed by atoms with van der Waals surface area (Å²) in [6.45, 7) is 2.67. The molecule has 4 aromatic rings. The number of nitrogens with two attached hydrogens (primary N) is 1. The van der Waals surface area contributed by atoms with Gasteiger partial charge in [-0.25, -0.2) is 4.98 Å². The van der Waals surface area contributed by atoms with Gasteiger partial charge in [-0.1, -0.05) is 54.1 Å². The number of aromatic nitrogens is 2. The van der Waals surface area contributed by atoms with Crippen molar-refractivity contribution < 1.29 is 4.79 Å². The number of primary amides is 1. The summed E-state index contributed by atoms with van der Waals surface area (Å²) in [5.41, 5.74) is 10.9. The molecule has 2 heterocycles. The molecule has 0 fully saturated rings. The Kier molecular flexibility index (Phi) is 5.51. The molecule has 2 N–H and O–H groups in total. The van der Waals surface area contributed by atoms with Crippen molar-refractivity contribution in [3.05, 3.63) is 87.9 Å². The zero-order valence-corrected chi connectivity index (χ0v) is 17.5. The van der Waals surface area contributed by atoms with E-state index >= 15 is 0 Å². The number of benzene rings is 2. The van der Waals surface area contributed by atoms with Gasteiger partial charge in [0.1, 0.15) is 5.01 Å². The Hall–Kier alpha value is -2.89. The highest BCUT2D eigenvalue weighted by Crippen LogP contribution is 2.32. The molecule has 0 atom stereocenters. The molecule has 2 aromatic carbocycles. The minimum atomic E-state index is -0.424. The van der Waals surface area contributed by atoms with Crippen LogP contribution in [0.4, 0.5) is 0 Å². The van der Waals surface area contributed by atoms with E-state index < -0.39 is 5.91 Å². The number of rotatable bonds is 6. The van der Waals surface area contributed by atoms with Crippen LogP contribution in [0, 0.1) is 6.92 Å². The van der Waals surface area contributed by atoms with Gasteiger partial charge < -0.3 is 10.3 Å². The predicted octanol–water partition coefficient (Wildman–Crippen LogP) is 5.58. The molecule has 4 nitrogen and oxygen atoms in total. The first-order valence-corrected chi connectivity index (χ1v) is 10.5. The molecule has 146 valence electrons. The number of carbonyl (C=O) groups excluding carboxylic acids is 1. The molecule has 0 aliphatic carbocycles. The summed E-state index contributed by atoms with van der Waals surface area (Å²) >= 11 is 7.68. The molecule has 0 unspecified atom stereocenters. The van der Waals surface area contributed by atoms with Crippen LogP contribution in [0.1, 0.15) is 21.6 Å². The van der Waals surface area contributed by atoms with E-state index in [-0.39, 0.29) is 0 Å². The number of nitrogens with zero attached hydrogens (tertiary/aromatic N) is 2. The van der Waals surface area contributed by atoms with E-state index in [1.165, 1.54) is 5.56 Å². The van der Waals surface area contributed by atoms with E-state index in [1.54, 1.807) is 11.3 Å². The summed E-state index contributed by atoms with van der Waals surface area (Å²) < 4.78 is 2.13. The van der Waals surface area contributed by atoms with Crippen LogP contribution >= 0.6 is 22.9 Å². The van der Waals surface area contributed by atoms with Crippen LogP contribution in [0.3, 0.4) is 0 Å². The number of hydrogen-bond acceptors (Lipinski definition) is 3. The molecule has 1 amide bonds. The summed E-state index contributed by atoms with van der Waals surface area (Å²) in [5.74, 6) is -0.424. The average molecular weight is 422 g/mol. The van der Waals surface area contributed by atoms with Gasteiger partial charge in [0, 0.05) is 28.2 Å². The molecular weight excluding hydrogens is 402 g/mol. The summed E-state index contributed by atoms with van der Waals surface area (Å²) in [6.07, 6.45) is 0.854. The van der Waals surface area contributed by atoms with Crippen molar-refractivity contribution in [1.29, 1.82) is 0 Å². The lowest BCUT2D eigenvalue weighted by Gasteiger charge is -2.11. The van der Waals surface area contributed by atoms with Gasteiger partial charge in [0.15, 0.2) is 0 Å². The van der Waals surface area contributed by atoms with Crippen molar-refractivity contribution in [3.8, 4) is 22.0 Å². The van der Waals surface area contributed by atoms with Crippen LogP contribution in [0.15, 0.2) is 66.0 Å². The first-order chi connectivity index (χ1) is 14.0. The summed E-state index contributed by atoms with van der Waals surface area (Å²) in [6, 6.07) is 19.8. The highest BCUT2D eigenvalue weighted by molar-refractivity contribution is 7.13. The van der Waals surface area contributed by atoms with Crippen LogP contribution in [0.2, 0.25) is 5.02 Å². The molecule has 0 aliphatic heterocycles. The maximum absolute atomic E-state index is 11.9. The maximum atomic E-state index is 11.9. The molecule has 0 bridgehead atoms. The Bertz CT molecular complexity index is 1160. The van der Waals surface area contributed by atoms with E-state index in [1.807, 2.05) is 60.8 Å². The quantitative estimate of drug-likeness (QED) is 0.441. The second-order valence-corrected chi connectivity index (χ2v) is 8.12. The lowest BCUT2D eigenvalue weighted by molar-refractivity contribution is 0.0999. The molecule has 0 spiro atoms. The van der Waals surface area contributed by atoms with Crippen molar-refractivity contribution in [1.82, 2.24) is 9.55 Å². The predicted molar refractivity (Wildman–Crippen MR) is 119 cm³/mol. The SMILES string of the molecule is Cc1c(C(N)=O)cc(-c2csc(-c3cccc(Cl)c3)n2)n1CCc1ccccc1. The standard InChI is InChI=1S/C23H20ClN3OS/c1-15-19(22(25)28)13-21(27(15)11-10-16-6-3-2-4-7-16)20-14-29-23(26-20)17-8-5-9-18(24)12-17/h2-9,12-14H,10-11H2,1H3,(H2,25,28). The van der Waals surface area contributed by atoms with E-state index in [0.717, 1.165) is 40.6 Å². The Morgan fingerprint density at radius 3 is 2.66 bits per heavy atom. The van der Waals surface area contributed by atoms with Crippen LogP contribution in [0.5, 0.6) is 0 Å². The van der Waals surface area contributed by atoms with Crippen LogP contribution in [0.25, 0.3) is 22.0 Å². The van der Waals surface area contributed by atoms with Crippen LogP contribution in [-0.2, 0) is 13.0 Å². The normalized spacial score (nSPS) is 11.0. The van der Waals surface area contributed by atoms with E-state index in [0.29, 0.717) is 10.6 Å². The molecule has 0 saturated heterocycles. The first kappa shape index (κ1) is 19.4. The highest BCUT2D eigenvalue weighted by atomic mass is 35.5. The Morgan fingerprint density at radius 1 is 1.14 bits per heavy atom. The van der Waals surface area contributed by atoms with Gasteiger partial charge in [-0.3, -0.25) is 4.79 Å². The second-order valence-electron chi connectivity index (χ2n) is 6.83. The fourth-order valence-corrected chi connectivity index (χ4v) is 4.43. The van der Waals surface area contributed by atoms with Crippen molar-refractivity contribution in [2.24, 2.45) is 5.73 Å². The third-order valence-corrected chi connectivity index (χ3v) is 6.06. The third kappa shape index (κ3) is 4.11. The minimum Gasteiger partial charge on any atom is -0.366 e. The molecule has 0 aliphatic rings. The van der Waals surface area contributed by atoms with Gasteiger partial charge in [0.25, 0.3) is 5.91 Å². The van der Waals surface area contributed by atoms with E-state index in [2.05, 4.69) is 16.7 Å². The Labute approximate surface area is 178 Å². The topological polar surface area (TPSA) is 60.9 Å². The van der Waals surface area contributed by atoms with Crippen molar-refractivity contribution in [3.63, 3.8) is 0 Å². The smallest absolute Gasteiger partial charge is 0.250 e. The molecule has 29 heavy (non-hydrogen) atoms.